The van der Waals surface area contributed by atoms with Crippen molar-refractivity contribution in [3.8, 4) is 5.69 Å². The van der Waals surface area contributed by atoms with Gasteiger partial charge >= 0.3 is 0 Å². The number of rotatable bonds is 3. The van der Waals surface area contributed by atoms with Gasteiger partial charge in [0.05, 0.1) is 11.0 Å². The number of hydrogen-bond donors (Lipinski definition) is 0. The largest absolute Gasteiger partial charge is 0.293 e. The van der Waals surface area contributed by atoms with Gasteiger partial charge in [0.2, 0.25) is 0 Å². The van der Waals surface area contributed by atoms with E-state index in [0.29, 0.717) is 0 Å². The van der Waals surface area contributed by atoms with E-state index in [-0.39, 0.29) is 0 Å². The molecule has 0 aliphatic rings. The summed E-state index contributed by atoms with van der Waals surface area (Å²) in [6, 6.07) is 29.1. The zero-order chi connectivity index (χ0) is 16.4. The number of para-hydroxylation sites is 3. The molecule has 0 unspecified atom stereocenters. The van der Waals surface area contributed by atoms with E-state index in [9.17, 15) is 0 Å². The smallest absolute Gasteiger partial charge is 0.138 e. The van der Waals surface area contributed by atoms with Crippen LogP contribution in [0.2, 0.25) is 0 Å². The summed E-state index contributed by atoms with van der Waals surface area (Å²) in [6.45, 7) is 2.13. The van der Waals surface area contributed by atoms with Crippen molar-refractivity contribution < 1.29 is 0 Å². The van der Waals surface area contributed by atoms with Crippen LogP contribution in [0.15, 0.2) is 84.9 Å². The molecule has 0 aliphatic carbocycles. The van der Waals surface area contributed by atoms with Gasteiger partial charge in [-0.3, -0.25) is 4.57 Å². The summed E-state index contributed by atoms with van der Waals surface area (Å²) in [4.78, 5) is 4.84. The number of benzene rings is 3. The van der Waals surface area contributed by atoms with Crippen LogP contribution in [0.25, 0.3) is 28.4 Å². The second kappa shape index (κ2) is 6.17. The Hall–Kier alpha value is -3.13. The Bertz CT molecular complexity index is 996. The summed E-state index contributed by atoms with van der Waals surface area (Å²) in [7, 11) is 0. The van der Waals surface area contributed by atoms with Crippen LogP contribution in [0.4, 0.5) is 0 Å². The molecular weight excluding hydrogens is 292 g/mol. The molecule has 1 heterocycles. The first kappa shape index (κ1) is 14.5. The van der Waals surface area contributed by atoms with Crippen molar-refractivity contribution in [1.82, 2.24) is 9.55 Å². The maximum absolute atomic E-state index is 4.84. The van der Waals surface area contributed by atoms with Gasteiger partial charge < -0.3 is 0 Å². The van der Waals surface area contributed by atoms with E-state index in [1.54, 1.807) is 0 Å². The summed E-state index contributed by atoms with van der Waals surface area (Å²) in [5, 5.41) is 0. The van der Waals surface area contributed by atoms with Gasteiger partial charge in [0.25, 0.3) is 0 Å². The van der Waals surface area contributed by atoms with Crippen LogP contribution in [0.1, 0.15) is 18.3 Å². The molecule has 0 spiro atoms. The Balaban J connectivity index is 1.93. The first-order chi connectivity index (χ1) is 11.8. The highest BCUT2D eigenvalue weighted by Crippen LogP contribution is 2.25. The number of hydrogen-bond acceptors (Lipinski definition) is 1. The number of aromatic nitrogens is 2. The second-order valence-corrected chi connectivity index (χ2v) is 5.82. The summed E-state index contributed by atoms with van der Waals surface area (Å²) in [6.07, 6.45) is 2.16. The molecule has 0 amide bonds. The number of imidazole rings is 1. The van der Waals surface area contributed by atoms with Gasteiger partial charge in [-0.15, -0.1) is 0 Å². The van der Waals surface area contributed by atoms with Crippen molar-refractivity contribution in [1.29, 1.82) is 0 Å². The summed E-state index contributed by atoms with van der Waals surface area (Å²) >= 11 is 0. The minimum absolute atomic E-state index is 0.948. The van der Waals surface area contributed by atoms with Crippen molar-refractivity contribution in [2.75, 3.05) is 0 Å². The second-order valence-electron chi connectivity index (χ2n) is 5.82. The third kappa shape index (κ3) is 2.63. The number of fused-ring (bicyclic) bond motifs is 1. The predicted molar refractivity (Wildman–Crippen MR) is 101 cm³/mol. The lowest BCUT2D eigenvalue weighted by atomic mass is 10.1. The maximum atomic E-state index is 4.84. The van der Waals surface area contributed by atoms with Crippen LogP contribution < -0.4 is 0 Å². The Kier molecular flexibility index (Phi) is 3.72. The highest BCUT2D eigenvalue weighted by molar-refractivity contribution is 5.85. The highest BCUT2D eigenvalue weighted by Gasteiger charge is 2.10. The van der Waals surface area contributed by atoms with E-state index in [1.807, 2.05) is 18.2 Å². The fourth-order valence-electron chi connectivity index (χ4n) is 2.97. The van der Waals surface area contributed by atoms with Crippen LogP contribution in [0.3, 0.4) is 0 Å². The third-order valence-corrected chi connectivity index (χ3v) is 4.18. The van der Waals surface area contributed by atoms with Crippen molar-refractivity contribution in [3.63, 3.8) is 0 Å². The van der Waals surface area contributed by atoms with E-state index < -0.39 is 0 Å². The first-order valence-corrected chi connectivity index (χ1v) is 8.09. The number of nitrogens with zero attached hydrogens (tertiary/aromatic N) is 2. The van der Waals surface area contributed by atoms with Gasteiger partial charge in [0.15, 0.2) is 0 Å². The van der Waals surface area contributed by atoms with Gasteiger partial charge in [-0.1, -0.05) is 60.7 Å². The van der Waals surface area contributed by atoms with E-state index in [1.165, 1.54) is 11.1 Å². The van der Waals surface area contributed by atoms with Crippen molar-refractivity contribution in [2.45, 2.75) is 6.92 Å². The molecule has 24 heavy (non-hydrogen) atoms. The predicted octanol–water partition coefficient (Wildman–Crippen LogP) is 5.59. The monoisotopic (exact) mass is 310 g/mol. The molecule has 0 saturated carbocycles. The molecule has 0 aliphatic heterocycles. The van der Waals surface area contributed by atoms with E-state index in [2.05, 4.69) is 84.3 Å². The molecule has 0 atom stereocenters. The molecule has 0 saturated heterocycles. The molecule has 2 nitrogen and oxygen atoms in total. The topological polar surface area (TPSA) is 17.8 Å². The van der Waals surface area contributed by atoms with Gasteiger partial charge in [-0.05, 0) is 48.4 Å². The van der Waals surface area contributed by atoms with Crippen LogP contribution >= 0.6 is 0 Å². The van der Waals surface area contributed by atoms with Gasteiger partial charge in [0.1, 0.15) is 5.82 Å². The molecule has 0 N–H and O–H groups in total. The van der Waals surface area contributed by atoms with Gasteiger partial charge in [-0.2, -0.15) is 0 Å². The molecule has 0 radical (unpaired) electrons. The first-order valence-electron chi connectivity index (χ1n) is 8.09. The average molecular weight is 310 g/mol. The molecule has 0 fully saturated rings. The van der Waals surface area contributed by atoms with Gasteiger partial charge in [-0.25, -0.2) is 4.98 Å². The SMILES string of the molecule is C/C(=C\c1nc2ccccc2n1-c1ccccc1)c1ccccc1. The molecule has 4 aromatic rings. The van der Waals surface area contributed by atoms with E-state index in [0.717, 1.165) is 22.5 Å². The van der Waals surface area contributed by atoms with Crippen LogP contribution in [-0.2, 0) is 0 Å². The standard InChI is InChI=1S/C22H18N2/c1-17(18-10-4-2-5-11-18)16-22-23-20-14-8-9-15-21(20)24(22)19-12-6-3-7-13-19/h2-16H,1H3/b17-16+. The molecule has 1 aromatic heterocycles. The molecule has 3 aromatic carbocycles. The van der Waals surface area contributed by atoms with Crippen LogP contribution in [0.5, 0.6) is 0 Å². The number of allylic oxidation sites excluding steroid dienone is 1. The third-order valence-electron chi connectivity index (χ3n) is 4.18. The van der Waals surface area contributed by atoms with E-state index >= 15 is 0 Å². The summed E-state index contributed by atoms with van der Waals surface area (Å²) in [5.74, 6) is 0.948. The lowest BCUT2D eigenvalue weighted by molar-refractivity contribution is 1.07. The average Bonchev–Trinajstić information content (AvgIpc) is 3.01. The maximum Gasteiger partial charge on any atom is 0.138 e. The molecular formula is C22H18N2. The zero-order valence-electron chi connectivity index (χ0n) is 13.6. The Labute approximate surface area is 141 Å². The van der Waals surface area contributed by atoms with Crippen molar-refractivity contribution in [2.24, 2.45) is 0 Å². The Morgan fingerprint density at radius 2 is 1.42 bits per heavy atom. The highest BCUT2D eigenvalue weighted by atomic mass is 15.1. The van der Waals surface area contributed by atoms with Crippen molar-refractivity contribution in [3.05, 3.63) is 96.3 Å². The lowest BCUT2D eigenvalue weighted by Crippen LogP contribution is -1.97. The van der Waals surface area contributed by atoms with E-state index in [4.69, 9.17) is 4.98 Å². The summed E-state index contributed by atoms with van der Waals surface area (Å²) < 4.78 is 2.21. The fourth-order valence-corrected chi connectivity index (χ4v) is 2.97. The normalized spacial score (nSPS) is 11.8. The minimum Gasteiger partial charge on any atom is -0.293 e. The fraction of sp³-hybridized carbons (Fsp3) is 0.0455. The minimum atomic E-state index is 0.948. The molecule has 116 valence electrons. The van der Waals surface area contributed by atoms with Gasteiger partial charge in [0, 0.05) is 5.69 Å². The Morgan fingerprint density at radius 1 is 0.792 bits per heavy atom. The molecule has 0 bridgehead atoms. The quantitative estimate of drug-likeness (QED) is 0.482. The van der Waals surface area contributed by atoms with Crippen LogP contribution in [-0.4, -0.2) is 9.55 Å². The molecule has 4 rings (SSSR count). The summed E-state index contributed by atoms with van der Waals surface area (Å²) in [5.41, 5.74) is 5.66. The van der Waals surface area contributed by atoms with Crippen LogP contribution in [0, 0.1) is 0 Å². The molecule has 2 heteroatoms. The van der Waals surface area contributed by atoms with Crippen molar-refractivity contribution >= 4 is 22.7 Å². The lowest BCUT2D eigenvalue weighted by Gasteiger charge is -2.08. The zero-order valence-corrected chi connectivity index (χ0v) is 13.6. The Morgan fingerprint density at radius 3 is 2.17 bits per heavy atom.